The number of rotatable bonds is 5. The number of anilines is 1. The Labute approximate surface area is 117 Å². The zero-order valence-electron chi connectivity index (χ0n) is 12.4. The van der Waals surface area contributed by atoms with Gasteiger partial charge in [-0.3, -0.25) is 0 Å². The van der Waals surface area contributed by atoms with Crippen LogP contribution in [0.1, 0.15) is 25.3 Å². The van der Waals surface area contributed by atoms with Gasteiger partial charge in [-0.15, -0.1) is 0 Å². The molecule has 0 amide bonds. The second-order valence-corrected chi connectivity index (χ2v) is 5.45. The predicted octanol–water partition coefficient (Wildman–Crippen LogP) is 2.33. The molecule has 1 aromatic carbocycles. The van der Waals surface area contributed by atoms with Crippen LogP contribution in [0.4, 0.5) is 5.69 Å². The third-order valence-corrected chi connectivity index (χ3v) is 3.79. The molecule has 1 aromatic rings. The summed E-state index contributed by atoms with van der Waals surface area (Å²) in [5, 5.41) is 3.52. The number of nitrogens with one attached hydrogen (secondary N) is 1. The molecule has 1 fully saturated rings. The van der Waals surface area contributed by atoms with Crippen molar-refractivity contribution in [3.63, 3.8) is 0 Å². The molecule has 1 N–H and O–H groups in total. The summed E-state index contributed by atoms with van der Waals surface area (Å²) in [5.74, 6) is 0. The molecule has 0 unspecified atom stereocenters. The Morgan fingerprint density at radius 3 is 2.79 bits per heavy atom. The van der Waals surface area contributed by atoms with Gasteiger partial charge < -0.3 is 15.1 Å². The summed E-state index contributed by atoms with van der Waals surface area (Å²) in [4.78, 5) is 4.98. The molecule has 0 saturated carbocycles. The molecular formula is C16H27N3. The van der Waals surface area contributed by atoms with E-state index in [1.54, 1.807) is 0 Å². The predicted molar refractivity (Wildman–Crippen MR) is 82.8 cm³/mol. The van der Waals surface area contributed by atoms with E-state index in [1.165, 1.54) is 37.2 Å². The van der Waals surface area contributed by atoms with E-state index in [-0.39, 0.29) is 0 Å². The van der Waals surface area contributed by atoms with Gasteiger partial charge in [-0.2, -0.15) is 0 Å². The second kappa shape index (κ2) is 7.51. The van der Waals surface area contributed by atoms with Crippen LogP contribution in [0.25, 0.3) is 0 Å². The van der Waals surface area contributed by atoms with Crippen molar-refractivity contribution in [1.82, 2.24) is 10.2 Å². The largest absolute Gasteiger partial charge is 0.370 e. The lowest BCUT2D eigenvalue weighted by atomic mass is 10.1. The normalized spacial score (nSPS) is 17.5. The maximum atomic E-state index is 3.52. The van der Waals surface area contributed by atoms with Crippen molar-refractivity contribution in [2.75, 3.05) is 44.7 Å². The highest BCUT2D eigenvalue weighted by molar-refractivity contribution is 5.53. The van der Waals surface area contributed by atoms with Gasteiger partial charge in [0.25, 0.3) is 0 Å². The van der Waals surface area contributed by atoms with Gasteiger partial charge in [-0.05, 0) is 44.6 Å². The van der Waals surface area contributed by atoms with Crippen molar-refractivity contribution in [2.24, 2.45) is 0 Å². The van der Waals surface area contributed by atoms with Crippen LogP contribution in [0.2, 0.25) is 0 Å². The molecule has 106 valence electrons. The third-order valence-electron chi connectivity index (χ3n) is 3.79. The summed E-state index contributed by atoms with van der Waals surface area (Å²) in [5.41, 5.74) is 2.85. The summed E-state index contributed by atoms with van der Waals surface area (Å²) in [6.45, 7) is 8.98. The summed E-state index contributed by atoms with van der Waals surface area (Å²) in [7, 11) is 2.22. The second-order valence-electron chi connectivity index (χ2n) is 5.45. The Kier molecular flexibility index (Phi) is 5.67. The molecule has 1 saturated heterocycles. The van der Waals surface area contributed by atoms with Gasteiger partial charge in [0.1, 0.15) is 0 Å². The van der Waals surface area contributed by atoms with Crippen LogP contribution >= 0.6 is 0 Å². The van der Waals surface area contributed by atoms with Crippen LogP contribution in [0.5, 0.6) is 0 Å². The van der Waals surface area contributed by atoms with Crippen molar-refractivity contribution in [3.05, 3.63) is 29.8 Å². The average Bonchev–Trinajstić information content (AvgIpc) is 2.64. The van der Waals surface area contributed by atoms with Crippen molar-refractivity contribution in [3.8, 4) is 0 Å². The first-order chi connectivity index (χ1) is 9.31. The number of hydrogen-bond donors (Lipinski definition) is 1. The van der Waals surface area contributed by atoms with Crippen LogP contribution in [0.15, 0.2) is 24.3 Å². The first-order valence-corrected chi connectivity index (χ1v) is 7.53. The van der Waals surface area contributed by atoms with E-state index in [0.717, 1.165) is 26.2 Å². The Morgan fingerprint density at radius 1 is 1.11 bits per heavy atom. The minimum atomic E-state index is 0.982. The molecule has 19 heavy (non-hydrogen) atoms. The van der Waals surface area contributed by atoms with E-state index in [9.17, 15) is 0 Å². The van der Waals surface area contributed by atoms with Gasteiger partial charge in [0.15, 0.2) is 0 Å². The van der Waals surface area contributed by atoms with Crippen molar-refractivity contribution < 1.29 is 0 Å². The Bertz CT molecular complexity index is 378. The molecular weight excluding hydrogens is 234 g/mol. The van der Waals surface area contributed by atoms with E-state index in [0.29, 0.717) is 0 Å². The maximum absolute atomic E-state index is 3.52. The smallest absolute Gasteiger partial charge is 0.0412 e. The first-order valence-electron chi connectivity index (χ1n) is 7.53. The molecule has 1 heterocycles. The highest BCUT2D eigenvalue weighted by Gasteiger charge is 2.14. The summed E-state index contributed by atoms with van der Waals surface area (Å²) >= 11 is 0. The quantitative estimate of drug-likeness (QED) is 0.821. The van der Waals surface area contributed by atoms with Gasteiger partial charge >= 0.3 is 0 Å². The maximum Gasteiger partial charge on any atom is 0.0412 e. The van der Waals surface area contributed by atoms with Gasteiger partial charge in [-0.25, -0.2) is 0 Å². The summed E-state index contributed by atoms with van der Waals surface area (Å²) in [6, 6.07) is 8.84. The van der Waals surface area contributed by atoms with Crippen molar-refractivity contribution in [2.45, 2.75) is 26.3 Å². The molecule has 0 aromatic heterocycles. The lowest BCUT2D eigenvalue weighted by Gasteiger charge is -2.25. The van der Waals surface area contributed by atoms with Crippen LogP contribution in [0, 0.1) is 0 Å². The number of likely N-dealkylation sites (N-methyl/N-ethyl adjacent to an activating group) is 1. The fourth-order valence-electron chi connectivity index (χ4n) is 2.66. The fourth-order valence-corrected chi connectivity index (χ4v) is 2.66. The van der Waals surface area contributed by atoms with Gasteiger partial charge in [-0.1, -0.05) is 25.1 Å². The minimum absolute atomic E-state index is 0.982. The first kappa shape index (κ1) is 14.4. The van der Waals surface area contributed by atoms with Crippen LogP contribution in [0.3, 0.4) is 0 Å². The van der Waals surface area contributed by atoms with Crippen LogP contribution in [-0.2, 0) is 6.54 Å². The summed E-state index contributed by atoms with van der Waals surface area (Å²) < 4.78 is 0. The Balaban J connectivity index is 2.05. The van der Waals surface area contributed by atoms with E-state index in [1.807, 2.05) is 0 Å². The molecule has 0 bridgehead atoms. The molecule has 1 aliphatic heterocycles. The van der Waals surface area contributed by atoms with Gasteiger partial charge in [0.2, 0.25) is 0 Å². The zero-order chi connectivity index (χ0) is 13.5. The summed E-state index contributed by atoms with van der Waals surface area (Å²) in [6.07, 6.45) is 2.45. The molecule has 2 rings (SSSR count). The number of benzene rings is 1. The average molecular weight is 261 g/mol. The van der Waals surface area contributed by atoms with Crippen molar-refractivity contribution >= 4 is 5.69 Å². The van der Waals surface area contributed by atoms with Gasteiger partial charge in [0, 0.05) is 31.9 Å². The van der Waals surface area contributed by atoms with E-state index in [2.05, 4.69) is 53.4 Å². The fraction of sp³-hybridized carbons (Fsp3) is 0.625. The topological polar surface area (TPSA) is 18.5 Å². The monoisotopic (exact) mass is 261 g/mol. The minimum Gasteiger partial charge on any atom is -0.370 e. The molecule has 3 nitrogen and oxygen atoms in total. The Hall–Kier alpha value is -1.06. The molecule has 0 radical (unpaired) electrons. The molecule has 0 aliphatic carbocycles. The number of hydrogen-bond acceptors (Lipinski definition) is 3. The van der Waals surface area contributed by atoms with Crippen LogP contribution in [-0.4, -0.2) is 44.7 Å². The highest BCUT2D eigenvalue weighted by Crippen LogP contribution is 2.21. The molecule has 0 spiro atoms. The lowest BCUT2D eigenvalue weighted by Crippen LogP contribution is -2.30. The van der Waals surface area contributed by atoms with Crippen LogP contribution < -0.4 is 10.2 Å². The zero-order valence-corrected chi connectivity index (χ0v) is 12.4. The van der Waals surface area contributed by atoms with E-state index < -0.39 is 0 Å². The third kappa shape index (κ3) is 4.22. The van der Waals surface area contributed by atoms with Crippen molar-refractivity contribution in [1.29, 1.82) is 0 Å². The lowest BCUT2D eigenvalue weighted by molar-refractivity contribution is 0.360. The van der Waals surface area contributed by atoms with Gasteiger partial charge in [0.05, 0.1) is 0 Å². The van der Waals surface area contributed by atoms with E-state index in [4.69, 9.17) is 0 Å². The molecule has 1 aliphatic rings. The highest BCUT2D eigenvalue weighted by atomic mass is 15.2. The number of para-hydroxylation sites is 1. The van der Waals surface area contributed by atoms with E-state index >= 15 is 0 Å². The number of nitrogens with zero attached hydrogens (tertiary/aromatic N) is 2. The Morgan fingerprint density at radius 2 is 1.95 bits per heavy atom. The SMILES string of the molecule is CCCNCc1ccccc1N1CCCN(C)CC1. The standard InChI is InChI=1S/C16H27N3/c1-3-9-17-14-15-7-4-5-8-16(15)19-11-6-10-18(2)12-13-19/h4-5,7-8,17H,3,6,9-14H2,1-2H3. The molecule has 3 heteroatoms. The molecule has 0 atom stereocenters.